The summed E-state index contributed by atoms with van der Waals surface area (Å²) in [6.45, 7) is 8.39. The van der Waals surface area contributed by atoms with Gasteiger partial charge in [-0.25, -0.2) is 9.97 Å². The molecule has 1 fully saturated rings. The van der Waals surface area contributed by atoms with E-state index in [-0.39, 0.29) is 0 Å². The maximum Gasteiger partial charge on any atom is 0.144 e. The van der Waals surface area contributed by atoms with Gasteiger partial charge in [-0.2, -0.15) is 0 Å². The molecule has 3 aromatic rings. The van der Waals surface area contributed by atoms with Gasteiger partial charge in [0.2, 0.25) is 0 Å². The van der Waals surface area contributed by atoms with Gasteiger partial charge < -0.3 is 9.64 Å². The summed E-state index contributed by atoms with van der Waals surface area (Å²) in [4.78, 5) is 14.3. The predicted octanol–water partition coefficient (Wildman–Crippen LogP) is 3.98. The number of anilines is 1. The number of nitrogens with zero attached hydrogens (tertiary/aromatic N) is 4. The van der Waals surface area contributed by atoms with Crippen LogP contribution in [0.1, 0.15) is 20.3 Å². The fourth-order valence-corrected chi connectivity index (χ4v) is 4.45. The van der Waals surface area contributed by atoms with Crippen molar-refractivity contribution in [1.82, 2.24) is 14.9 Å². The lowest BCUT2D eigenvalue weighted by atomic mass is 10.0. The van der Waals surface area contributed by atoms with Gasteiger partial charge in [-0.3, -0.25) is 4.90 Å². The Morgan fingerprint density at radius 3 is 2.71 bits per heavy atom. The van der Waals surface area contributed by atoms with E-state index in [1.807, 2.05) is 6.07 Å². The summed E-state index contributed by atoms with van der Waals surface area (Å²) in [6, 6.07) is 15.7. The number of aromatic nitrogens is 2. The maximum atomic E-state index is 6.28. The van der Waals surface area contributed by atoms with Crippen LogP contribution < -0.4 is 9.64 Å². The molecule has 2 aromatic carbocycles. The molecular formula is C23H26N4O. The molecule has 5 heteroatoms. The standard InChI is InChI=1S/C23H26N4O/c1-16(2)26-9-10-27-19(14-26)8-11-28-21-13-18(17-6-4-3-5-7-17)12-20-22(21)23(27)25-15-24-20/h3-7,12-13,15-16,19H,8-11,14H2,1-2H3. The smallest absolute Gasteiger partial charge is 0.144 e. The van der Waals surface area contributed by atoms with Crippen LogP contribution in [-0.2, 0) is 0 Å². The Bertz CT molecular complexity index is 989. The Kier molecular flexibility index (Phi) is 4.40. The molecule has 144 valence electrons. The van der Waals surface area contributed by atoms with Crippen molar-refractivity contribution in [3.63, 3.8) is 0 Å². The zero-order valence-electron chi connectivity index (χ0n) is 16.5. The summed E-state index contributed by atoms with van der Waals surface area (Å²) in [5.41, 5.74) is 3.26. The average Bonchev–Trinajstić information content (AvgIpc) is 2.72. The predicted molar refractivity (Wildman–Crippen MR) is 113 cm³/mol. The van der Waals surface area contributed by atoms with Gasteiger partial charge in [-0.05, 0) is 37.1 Å². The van der Waals surface area contributed by atoms with Gasteiger partial charge in [0.15, 0.2) is 0 Å². The lowest BCUT2D eigenvalue weighted by Crippen LogP contribution is -2.56. The fraction of sp³-hybridized carbons (Fsp3) is 0.391. The first-order valence-electron chi connectivity index (χ1n) is 10.2. The topological polar surface area (TPSA) is 41.5 Å². The molecule has 2 aliphatic rings. The molecule has 5 nitrogen and oxygen atoms in total. The quantitative estimate of drug-likeness (QED) is 0.679. The molecule has 0 N–H and O–H groups in total. The van der Waals surface area contributed by atoms with Crippen molar-refractivity contribution >= 4 is 16.7 Å². The second kappa shape index (κ2) is 7.06. The Labute approximate surface area is 166 Å². The van der Waals surface area contributed by atoms with Crippen molar-refractivity contribution in [2.24, 2.45) is 0 Å². The second-order valence-electron chi connectivity index (χ2n) is 8.00. The summed E-state index contributed by atoms with van der Waals surface area (Å²) in [7, 11) is 0. The van der Waals surface area contributed by atoms with Crippen molar-refractivity contribution in [3.05, 3.63) is 48.8 Å². The lowest BCUT2D eigenvalue weighted by molar-refractivity contribution is 0.165. The molecule has 28 heavy (non-hydrogen) atoms. The first kappa shape index (κ1) is 17.4. The molecule has 0 spiro atoms. The molecule has 2 aliphatic heterocycles. The third-order valence-corrected chi connectivity index (χ3v) is 6.01. The number of fused-ring (bicyclic) bond motifs is 2. The molecule has 1 atom stereocenters. The summed E-state index contributed by atoms with van der Waals surface area (Å²) in [6.07, 6.45) is 2.70. The highest BCUT2D eigenvalue weighted by Crippen LogP contribution is 2.39. The molecule has 0 aliphatic carbocycles. The summed E-state index contributed by atoms with van der Waals surface area (Å²) < 4.78 is 6.28. The van der Waals surface area contributed by atoms with Crippen molar-refractivity contribution < 1.29 is 4.74 Å². The van der Waals surface area contributed by atoms with Gasteiger partial charge in [0.1, 0.15) is 17.9 Å². The highest BCUT2D eigenvalue weighted by Gasteiger charge is 2.32. The Hall–Kier alpha value is -2.66. The Morgan fingerprint density at radius 1 is 1.04 bits per heavy atom. The minimum absolute atomic E-state index is 0.427. The molecule has 0 saturated carbocycles. The lowest BCUT2D eigenvalue weighted by Gasteiger charge is -2.44. The van der Waals surface area contributed by atoms with Gasteiger partial charge in [0, 0.05) is 38.1 Å². The zero-order valence-corrected chi connectivity index (χ0v) is 16.5. The molecule has 3 heterocycles. The van der Waals surface area contributed by atoms with Crippen LogP contribution in [0.5, 0.6) is 5.75 Å². The first-order chi connectivity index (χ1) is 13.7. The number of hydrogen-bond donors (Lipinski definition) is 0. The van der Waals surface area contributed by atoms with Crippen molar-refractivity contribution in [1.29, 1.82) is 0 Å². The van der Waals surface area contributed by atoms with Gasteiger partial charge in [0.25, 0.3) is 0 Å². The van der Waals surface area contributed by atoms with Crippen molar-refractivity contribution in [2.75, 3.05) is 31.1 Å². The first-order valence-corrected chi connectivity index (χ1v) is 10.2. The minimum atomic E-state index is 0.427. The van der Waals surface area contributed by atoms with Crippen LogP contribution in [0.2, 0.25) is 0 Å². The number of hydrogen-bond acceptors (Lipinski definition) is 5. The SMILES string of the molecule is CC(C)N1CCN2c3ncnc4cc(-c5ccccc5)cc(c34)OCCC2C1. The van der Waals surface area contributed by atoms with E-state index in [1.165, 1.54) is 5.56 Å². The van der Waals surface area contributed by atoms with Gasteiger partial charge in [-0.15, -0.1) is 0 Å². The third-order valence-electron chi connectivity index (χ3n) is 6.01. The van der Waals surface area contributed by atoms with E-state index in [0.717, 1.165) is 60.7 Å². The number of benzene rings is 2. The van der Waals surface area contributed by atoms with Gasteiger partial charge in [0.05, 0.1) is 17.5 Å². The fourth-order valence-electron chi connectivity index (χ4n) is 4.45. The van der Waals surface area contributed by atoms with Crippen LogP contribution in [-0.4, -0.2) is 53.2 Å². The van der Waals surface area contributed by atoms with Crippen molar-refractivity contribution in [3.8, 4) is 16.9 Å². The van der Waals surface area contributed by atoms with E-state index in [4.69, 9.17) is 9.72 Å². The average molecular weight is 374 g/mol. The molecule has 1 saturated heterocycles. The Morgan fingerprint density at radius 2 is 1.89 bits per heavy atom. The summed E-state index contributed by atoms with van der Waals surface area (Å²) >= 11 is 0. The van der Waals surface area contributed by atoms with Gasteiger partial charge in [-0.1, -0.05) is 30.3 Å². The molecule has 5 rings (SSSR count). The normalized spacial score (nSPS) is 19.8. The number of piperazine rings is 1. The van der Waals surface area contributed by atoms with Crippen LogP contribution in [0.4, 0.5) is 5.82 Å². The van der Waals surface area contributed by atoms with E-state index in [9.17, 15) is 0 Å². The largest absolute Gasteiger partial charge is 0.493 e. The zero-order chi connectivity index (χ0) is 19.1. The molecule has 0 bridgehead atoms. The van der Waals surface area contributed by atoms with Gasteiger partial charge >= 0.3 is 0 Å². The monoisotopic (exact) mass is 374 g/mol. The number of ether oxygens (including phenoxy) is 1. The van der Waals surface area contributed by atoms with E-state index in [1.54, 1.807) is 6.33 Å². The maximum absolute atomic E-state index is 6.28. The highest BCUT2D eigenvalue weighted by molar-refractivity contribution is 5.98. The molecule has 1 unspecified atom stereocenters. The van der Waals surface area contributed by atoms with E-state index in [0.29, 0.717) is 12.1 Å². The van der Waals surface area contributed by atoms with Crippen LogP contribution in [0.3, 0.4) is 0 Å². The van der Waals surface area contributed by atoms with E-state index >= 15 is 0 Å². The summed E-state index contributed by atoms with van der Waals surface area (Å²) in [5.74, 6) is 1.92. The minimum Gasteiger partial charge on any atom is -0.493 e. The molecule has 1 aromatic heterocycles. The summed E-state index contributed by atoms with van der Waals surface area (Å²) in [5, 5.41) is 1.05. The molecule has 0 radical (unpaired) electrons. The van der Waals surface area contributed by atoms with Crippen LogP contribution in [0.15, 0.2) is 48.8 Å². The Balaban J connectivity index is 1.62. The van der Waals surface area contributed by atoms with E-state index in [2.05, 4.69) is 65.0 Å². The highest BCUT2D eigenvalue weighted by atomic mass is 16.5. The van der Waals surface area contributed by atoms with Crippen LogP contribution in [0.25, 0.3) is 22.0 Å². The van der Waals surface area contributed by atoms with Crippen LogP contribution >= 0.6 is 0 Å². The number of rotatable bonds is 2. The van der Waals surface area contributed by atoms with E-state index < -0.39 is 0 Å². The van der Waals surface area contributed by atoms with Crippen molar-refractivity contribution in [2.45, 2.75) is 32.4 Å². The molecule has 0 amide bonds. The molecular weight excluding hydrogens is 348 g/mol. The second-order valence-corrected chi connectivity index (χ2v) is 8.00. The third kappa shape index (κ3) is 3.00. The van der Waals surface area contributed by atoms with Crippen LogP contribution in [0, 0.1) is 0 Å².